The van der Waals surface area contributed by atoms with Gasteiger partial charge in [-0.15, -0.1) is 0 Å². The number of rotatable bonds is 6. The molecule has 1 heterocycles. The molecule has 0 unspecified atom stereocenters. The van der Waals surface area contributed by atoms with Gasteiger partial charge in [0.15, 0.2) is 0 Å². The number of carbonyl (C=O) groups excluding carboxylic acids is 2. The molecule has 2 amide bonds. The van der Waals surface area contributed by atoms with E-state index in [4.69, 9.17) is 16.3 Å². The first-order valence-electron chi connectivity index (χ1n) is 8.50. The van der Waals surface area contributed by atoms with E-state index in [0.29, 0.717) is 28.4 Å². The van der Waals surface area contributed by atoms with Crippen LogP contribution in [-0.2, 0) is 11.3 Å². The lowest BCUT2D eigenvalue weighted by Gasteiger charge is -2.13. The number of nitrogens with zero attached hydrogens (tertiary/aromatic N) is 1. The van der Waals surface area contributed by atoms with Crippen molar-refractivity contribution in [3.8, 4) is 5.75 Å². The largest absolute Gasteiger partial charge is 0.493 e. The fourth-order valence-corrected chi connectivity index (χ4v) is 4.01. The van der Waals surface area contributed by atoms with Crippen molar-refractivity contribution in [1.29, 1.82) is 0 Å². The second-order valence-electron chi connectivity index (χ2n) is 6.03. The van der Waals surface area contributed by atoms with Crippen LogP contribution in [-0.4, -0.2) is 22.7 Å². The number of benzene rings is 2. The number of carbonyl (C=O) groups is 2. The molecule has 0 atom stereocenters. The van der Waals surface area contributed by atoms with Gasteiger partial charge >= 0.3 is 0 Å². The van der Waals surface area contributed by atoms with Crippen molar-refractivity contribution < 1.29 is 18.7 Å². The minimum atomic E-state index is -0.475. The summed E-state index contributed by atoms with van der Waals surface area (Å²) in [5.74, 6) is -0.257. The van der Waals surface area contributed by atoms with Gasteiger partial charge in [-0.1, -0.05) is 40.5 Å². The first-order valence-corrected chi connectivity index (χ1v) is 10.5. The normalized spacial score (nSPS) is 15.6. The molecule has 0 aliphatic carbocycles. The van der Waals surface area contributed by atoms with Gasteiger partial charge in [0.25, 0.3) is 11.1 Å². The molecule has 2 aromatic carbocycles. The van der Waals surface area contributed by atoms with Gasteiger partial charge in [0.2, 0.25) is 0 Å². The van der Waals surface area contributed by atoms with Crippen LogP contribution in [0.3, 0.4) is 0 Å². The third-order valence-corrected chi connectivity index (χ3v) is 5.69. The number of amides is 2. The Bertz CT molecular complexity index is 966. The fraction of sp³-hybridized carbons (Fsp3) is 0.200. The highest BCUT2D eigenvalue weighted by molar-refractivity contribution is 9.10. The molecule has 0 aromatic heterocycles. The topological polar surface area (TPSA) is 46.6 Å². The minimum Gasteiger partial charge on any atom is -0.493 e. The highest BCUT2D eigenvalue weighted by atomic mass is 79.9. The van der Waals surface area contributed by atoms with E-state index in [1.807, 2.05) is 25.1 Å². The maximum atomic E-state index is 13.2. The zero-order valence-electron chi connectivity index (χ0n) is 14.9. The van der Waals surface area contributed by atoms with Crippen LogP contribution in [0.5, 0.6) is 5.75 Å². The van der Waals surface area contributed by atoms with E-state index in [1.165, 1.54) is 12.1 Å². The minimum absolute atomic E-state index is 0.0151. The van der Waals surface area contributed by atoms with E-state index in [9.17, 15) is 14.0 Å². The van der Waals surface area contributed by atoms with Crippen molar-refractivity contribution in [2.24, 2.45) is 0 Å². The van der Waals surface area contributed by atoms with Crippen molar-refractivity contribution in [1.82, 2.24) is 4.90 Å². The van der Waals surface area contributed by atoms with E-state index < -0.39 is 17.0 Å². The molecule has 0 bridgehead atoms. The van der Waals surface area contributed by atoms with Crippen LogP contribution in [0.4, 0.5) is 9.18 Å². The molecular formula is C20H16BrClFNO3S. The number of hydrogen-bond donors (Lipinski definition) is 0. The SMILES string of the molecule is CCCOc1ccc(Br)cc1/C=C1\SC(=O)N(Cc2ccc(F)cc2Cl)C1=O. The first kappa shape index (κ1) is 20.9. The molecule has 2 aromatic rings. The lowest BCUT2D eigenvalue weighted by atomic mass is 10.1. The quantitative estimate of drug-likeness (QED) is 0.454. The molecule has 1 aliphatic rings. The Morgan fingerprint density at radius 2 is 2.04 bits per heavy atom. The van der Waals surface area contributed by atoms with Crippen molar-refractivity contribution in [3.05, 3.63) is 67.7 Å². The second-order valence-corrected chi connectivity index (χ2v) is 8.35. The lowest BCUT2D eigenvalue weighted by Crippen LogP contribution is -2.27. The van der Waals surface area contributed by atoms with Crippen molar-refractivity contribution in [2.45, 2.75) is 19.9 Å². The van der Waals surface area contributed by atoms with Gasteiger partial charge in [0, 0.05) is 15.1 Å². The van der Waals surface area contributed by atoms with Crippen molar-refractivity contribution in [2.75, 3.05) is 6.61 Å². The van der Waals surface area contributed by atoms with E-state index in [0.717, 1.165) is 33.6 Å². The number of imide groups is 1. The molecule has 0 radical (unpaired) electrons. The van der Waals surface area contributed by atoms with Crippen molar-refractivity contribution >= 4 is 56.5 Å². The van der Waals surface area contributed by atoms with Gasteiger partial charge in [0.1, 0.15) is 11.6 Å². The van der Waals surface area contributed by atoms with E-state index in [-0.39, 0.29) is 11.6 Å². The Hall–Kier alpha value is -1.83. The molecule has 1 saturated heterocycles. The summed E-state index contributed by atoms with van der Waals surface area (Å²) in [5, 5.41) is -0.229. The number of halogens is 3. The standard InChI is InChI=1S/C20H16BrClFNO3S/c1-2-7-27-17-6-4-14(21)8-13(17)9-18-19(25)24(20(26)28-18)11-12-3-5-15(23)10-16(12)22/h3-6,8-10H,2,7,11H2,1H3/b18-9-. The van der Waals surface area contributed by atoms with Crippen LogP contribution in [0.15, 0.2) is 45.8 Å². The smallest absolute Gasteiger partial charge is 0.293 e. The molecule has 0 spiro atoms. The van der Waals surface area contributed by atoms with E-state index in [2.05, 4.69) is 15.9 Å². The number of thioether (sulfide) groups is 1. The monoisotopic (exact) mass is 483 g/mol. The summed E-state index contributed by atoms with van der Waals surface area (Å²) in [6, 6.07) is 9.36. The Morgan fingerprint density at radius 3 is 2.75 bits per heavy atom. The lowest BCUT2D eigenvalue weighted by molar-refractivity contribution is -0.123. The Kier molecular flexibility index (Phi) is 6.80. The van der Waals surface area contributed by atoms with Crippen LogP contribution in [0, 0.1) is 5.82 Å². The highest BCUT2D eigenvalue weighted by Crippen LogP contribution is 2.36. The molecule has 0 N–H and O–H groups in total. The highest BCUT2D eigenvalue weighted by Gasteiger charge is 2.35. The second kappa shape index (κ2) is 9.11. The maximum Gasteiger partial charge on any atom is 0.293 e. The van der Waals surface area contributed by atoms with Crippen LogP contribution in [0.25, 0.3) is 6.08 Å². The molecule has 8 heteroatoms. The molecule has 4 nitrogen and oxygen atoms in total. The molecule has 146 valence electrons. The summed E-state index contributed by atoms with van der Waals surface area (Å²) in [6.07, 6.45) is 2.50. The molecule has 3 rings (SSSR count). The zero-order chi connectivity index (χ0) is 20.3. The summed E-state index contributed by atoms with van der Waals surface area (Å²) >= 11 is 10.3. The maximum absolute atomic E-state index is 13.2. The molecule has 1 aliphatic heterocycles. The van der Waals surface area contributed by atoms with E-state index >= 15 is 0 Å². The van der Waals surface area contributed by atoms with E-state index in [1.54, 1.807) is 6.08 Å². The molecule has 0 saturated carbocycles. The number of hydrogen-bond acceptors (Lipinski definition) is 4. The van der Waals surface area contributed by atoms with Gasteiger partial charge in [-0.3, -0.25) is 14.5 Å². The van der Waals surface area contributed by atoms with Crippen LogP contribution >= 0.6 is 39.3 Å². The Morgan fingerprint density at radius 1 is 1.25 bits per heavy atom. The van der Waals surface area contributed by atoms with Crippen LogP contribution in [0.2, 0.25) is 5.02 Å². The van der Waals surface area contributed by atoms with Crippen LogP contribution in [0.1, 0.15) is 24.5 Å². The summed E-state index contributed by atoms with van der Waals surface area (Å²) in [7, 11) is 0. The predicted molar refractivity (Wildman–Crippen MR) is 113 cm³/mol. The Labute approximate surface area is 179 Å². The van der Waals surface area contributed by atoms with Crippen molar-refractivity contribution in [3.63, 3.8) is 0 Å². The average Bonchev–Trinajstić information content (AvgIpc) is 2.90. The average molecular weight is 485 g/mol. The molecular weight excluding hydrogens is 469 g/mol. The van der Waals surface area contributed by atoms with Gasteiger partial charge in [-0.2, -0.15) is 0 Å². The van der Waals surface area contributed by atoms with Gasteiger partial charge in [-0.25, -0.2) is 4.39 Å². The van der Waals surface area contributed by atoms with Gasteiger partial charge < -0.3 is 4.74 Å². The predicted octanol–water partition coefficient (Wildman–Crippen LogP) is 6.27. The third kappa shape index (κ3) is 4.77. The zero-order valence-corrected chi connectivity index (χ0v) is 18.0. The summed E-state index contributed by atoms with van der Waals surface area (Å²) in [6.45, 7) is 2.54. The Balaban J connectivity index is 1.86. The summed E-state index contributed by atoms with van der Waals surface area (Å²) in [5.41, 5.74) is 1.20. The fourth-order valence-electron chi connectivity index (χ4n) is 2.57. The molecule has 28 heavy (non-hydrogen) atoms. The first-order chi connectivity index (χ1) is 13.4. The summed E-state index contributed by atoms with van der Waals surface area (Å²) < 4.78 is 19.8. The molecule has 1 fully saturated rings. The van der Waals surface area contributed by atoms with Gasteiger partial charge in [-0.05, 0) is 60.2 Å². The van der Waals surface area contributed by atoms with Crippen LogP contribution < -0.4 is 4.74 Å². The number of ether oxygens (including phenoxy) is 1. The van der Waals surface area contributed by atoms with Gasteiger partial charge in [0.05, 0.1) is 18.1 Å². The summed E-state index contributed by atoms with van der Waals surface area (Å²) in [4.78, 5) is 26.5. The third-order valence-electron chi connectivity index (χ3n) is 3.94.